The minimum atomic E-state index is -0.778. The number of urea groups is 1. The van der Waals surface area contributed by atoms with Gasteiger partial charge in [-0.05, 0) is 43.3 Å². The number of rotatable bonds is 4. The van der Waals surface area contributed by atoms with Crippen molar-refractivity contribution >= 4 is 40.5 Å². The lowest BCUT2D eigenvalue weighted by atomic mass is 10.1. The van der Waals surface area contributed by atoms with Crippen molar-refractivity contribution in [1.82, 2.24) is 9.88 Å². The molecule has 1 aromatic heterocycles. The highest BCUT2D eigenvalue weighted by Gasteiger charge is 2.37. The first-order valence-electron chi connectivity index (χ1n) is 9.18. The third kappa shape index (κ3) is 3.27. The van der Waals surface area contributed by atoms with Crippen LogP contribution in [-0.2, 0) is 16.6 Å². The molecule has 1 saturated heterocycles. The molecule has 0 spiro atoms. The molecule has 4 rings (SSSR count). The van der Waals surface area contributed by atoms with Crippen LogP contribution in [0.5, 0.6) is 5.75 Å². The zero-order chi connectivity index (χ0) is 20.5. The molecule has 0 bridgehead atoms. The molecule has 0 atom stereocenters. The molecule has 29 heavy (non-hydrogen) atoms. The van der Waals surface area contributed by atoms with Crippen molar-refractivity contribution in [2.75, 3.05) is 11.5 Å². The summed E-state index contributed by atoms with van der Waals surface area (Å²) in [6, 6.07) is 13.5. The number of carbonyl (C=O) groups is 3. The lowest BCUT2D eigenvalue weighted by Gasteiger charge is -2.26. The number of para-hydroxylation sites is 1. The van der Waals surface area contributed by atoms with E-state index < -0.39 is 17.8 Å². The number of aromatic nitrogens is 1. The Balaban J connectivity index is 1.74. The van der Waals surface area contributed by atoms with Crippen LogP contribution in [0.4, 0.5) is 10.5 Å². The SMILES string of the molecule is CCOc1ccc(N2C(=O)NC(=O)/C(=C/c3cn(C)c4ccccc34)C2=O)cc1. The summed E-state index contributed by atoms with van der Waals surface area (Å²) in [6.07, 6.45) is 3.36. The fraction of sp³-hybridized carbons (Fsp3) is 0.136. The zero-order valence-electron chi connectivity index (χ0n) is 16.0. The molecule has 0 saturated carbocycles. The summed E-state index contributed by atoms with van der Waals surface area (Å²) >= 11 is 0. The molecule has 7 heteroatoms. The van der Waals surface area contributed by atoms with Crippen LogP contribution in [-0.4, -0.2) is 29.0 Å². The molecular weight excluding hydrogens is 370 g/mol. The van der Waals surface area contributed by atoms with E-state index in [0.717, 1.165) is 21.4 Å². The summed E-state index contributed by atoms with van der Waals surface area (Å²) in [7, 11) is 1.89. The molecule has 4 amide bonds. The second kappa shape index (κ2) is 7.27. The van der Waals surface area contributed by atoms with Crippen LogP contribution >= 0.6 is 0 Å². The molecule has 7 nitrogen and oxygen atoms in total. The van der Waals surface area contributed by atoms with Gasteiger partial charge in [0.25, 0.3) is 11.8 Å². The van der Waals surface area contributed by atoms with Crippen molar-refractivity contribution in [2.45, 2.75) is 6.92 Å². The highest BCUT2D eigenvalue weighted by atomic mass is 16.5. The third-order valence-corrected chi connectivity index (χ3v) is 4.74. The monoisotopic (exact) mass is 389 g/mol. The lowest BCUT2D eigenvalue weighted by Crippen LogP contribution is -2.54. The molecule has 0 aliphatic carbocycles. The average Bonchev–Trinajstić information content (AvgIpc) is 3.02. The Morgan fingerprint density at radius 2 is 1.76 bits per heavy atom. The minimum absolute atomic E-state index is 0.102. The number of hydrogen-bond acceptors (Lipinski definition) is 4. The van der Waals surface area contributed by atoms with Gasteiger partial charge in [-0.1, -0.05) is 18.2 Å². The van der Waals surface area contributed by atoms with E-state index in [1.165, 1.54) is 6.08 Å². The molecule has 3 aromatic rings. The molecule has 1 N–H and O–H groups in total. The van der Waals surface area contributed by atoms with Crippen molar-refractivity contribution in [3.63, 3.8) is 0 Å². The summed E-state index contributed by atoms with van der Waals surface area (Å²) in [6.45, 7) is 2.38. The number of barbiturate groups is 1. The van der Waals surface area contributed by atoms with Gasteiger partial charge in [-0.15, -0.1) is 0 Å². The predicted molar refractivity (Wildman–Crippen MR) is 110 cm³/mol. The Kier molecular flexibility index (Phi) is 4.64. The second-order valence-corrected chi connectivity index (χ2v) is 6.60. The van der Waals surface area contributed by atoms with Gasteiger partial charge in [0.2, 0.25) is 0 Å². The van der Waals surface area contributed by atoms with Crippen molar-refractivity contribution in [2.24, 2.45) is 7.05 Å². The van der Waals surface area contributed by atoms with Gasteiger partial charge in [0.1, 0.15) is 11.3 Å². The van der Waals surface area contributed by atoms with Crippen LogP contribution in [0.15, 0.2) is 60.3 Å². The molecule has 146 valence electrons. The first kappa shape index (κ1) is 18.5. The van der Waals surface area contributed by atoms with Crippen LogP contribution in [0.2, 0.25) is 0 Å². The van der Waals surface area contributed by atoms with E-state index in [2.05, 4.69) is 5.32 Å². The molecular formula is C22H19N3O4. The van der Waals surface area contributed by atoms with Gasteiger partial charge in [-0.2, -0.15) is 0 Å². The van der Waals surface area contributed by atoms with Crippen molar-refractivity contribution < 1.29 is 19.1 Å². The highest BCUT2D eigenvalue weighted by molar-refractivity contribution is 6.39. The summed E-state index contributed by atoms with van der Waals surface area (Å²) in [5.41, 5.74) is 1.95. The van der Waals surface area contributed by atoms with Gasteiger partial charge >= 0.3 is 6.03 Å². The van der Waals surface area contributed by atoms with E-state index >= 15 is 0 Å². The first-order valence-corrected chi connectivity index (χ1v) is 9.18. The minimum Gasteiger partial charge on any atom is -0.494 e. The maximum atomic E-state index is 13.0. The molecule has 2 aromatic carbocycles. The van der Waals surface area contributed by atoms with Gasteiger partial charge in [0.15, 0.2) is 0 Å². The van der Waals surface area contributed by atoms with Crippen molar-refractivity contribution in [1.29, 1.82) is 0 Å². The number of benzene rings is 2. The second-order valence-electron chi connectivity index (χ2n) is 6.60. The van der Waals surface area contributed by atoms with Crippen LogP contribution in [0.25, 0.3) is 17.0 Å². The normalized spacial score (nSPS) is 15.9. The standard InChI is InChI=1S/C22H19N3O4/c1-3-29-16-10-8-15(9-11-16)25-21(27)18(20(26)23-22(25)28)12-14-13-24(2)19-7-5-4-6-17(14)19/h4-13H,3H2,1-2H3,(H,23,26,28)/b18-12-. The van der Waals surface area contributed by atoms with Crippen LogP contribution in [0.3, 0.4) is 0 Å². The van der Waals surface area contributed by atoms with Gasteiger partial charge in [-0.25, -0.2) is 9.69 Å². The Morgan fingerprint density at radius 1 is 1.03 bits per heavy atom. The predicted octanol–water partition coefficient (Wildman–Crippen LogP) is 3.24. The molecule has 1 aliphatic rings. The fourth-order valence-corrected chi connectivity index (χ4v) is 3.39. The van der Waals surface area contributed by atoms with Gasteiger partial charge in [-0.3, -0.25) is 14.9 Å². The van der Waals surface area contributed by atoms with Gasteiger partial charge in [0, 0.05) is 29.7 Å². The average molecular weight is 389 g/mol. The Labute approximate surface area is 167 Å². The summed E-state index contributed by atoms with van der Waals surface area (Å²) in [4.78, 5) is 38.8. The number of fused-ring (bicyclic) bond motifs is 1. The topological polar surface area (TPSA) is 80.6 Å². The molecule has 1 fully saturated rings. The quantitative estimate of drug-likeness (QED) is 0.549. The number of carbonyl (C=O) groups excluding carboxylic acids is 3. The van der Waals surface area contributed by atoms with E-state index in [4.69, 9.17) is 4.74 Å². The van der Waals surface area contributed by atoms with E-state index in [-0.39, 0.29) is 5.57 Å². The Bertz CT molecular complexity index is 1160. The lowest BCUT2D eigenvalue weighted by molar-refractivity contribution is -0.122. The third-order valence-electron chi connectivity index (χ3n) is 4.74. The zero-order valence-corrected chi connectivity index (χ0v) is 16.0. The molecule has 1 aliphatic heterocycles. The summed E-state index contributed by atoms with van der Waals surface area (Å²) in [5, 5.41) is 3.15. The van der Waals surface area contributed by atoms with E-state index in [1.54, 1.807) is 24.3 Å². The number of nitrogens with zero attached hydrogens (tertiary/aromatic N) is 2. The van der Waals surface area contributed by atoms with Crippen molar-refractivity contribution in [3.8, 4) is 5.75 Å². The Morgan fingerprint density at radius 3 is 2.48 bits per heavy atom. The summed E-state index contributed by atoms with van der Waals surface area (Å²) < 4.78 is 7.31. The van der Waals surface area contributed by atoms with Crippen LogP contribution in [0.1, 0.15) is 12.5 Å². The molecule has 2 heterocycles. The summed E-state index contributed by atoms with van der Waals surface area (Å²) in [5.74, 6) is -0.755. The number of anilines is 1. The smallest absolute Gasteiger partial charge is 0.335 e. The number of nitrogens with one attached hydrogen (secondary N) is 1. The highest BCUT2D eigenvalue weighted by Crippen LogP contribution is 2.27. The van der Waals surface area contributed by atoms with E-state index in [9.17, 15) is 14.4 Å². The number of hydrogen-bond donors (Lipinski definition) is 1. The molecule has 0 radical (unpaired) electrons. The maximum Gasteiger partial charge on any atom is 0.335 e. The van der Waals surface area contributed by atoms with Crippen LogP contribution in [0, 0.1) is 0 Å². The van der Waals surface area contributed by atoms with Crippen molar-refractivity contribution in [3.05, 3.63) is 65.9 Å². The fourth-order valence-electron chi connectivity index (χ4n) is 3.39. The van der Waals surface area contributed by atoms with Gasteiger partial charge in [0.05, 0.1) is 12.3 Å². The first-order chi connectivity index (χ1) is 14.0. The van der Waals surface area contributed by atoms with Gasteiger partial charge < -0.3 is 9.30 Å². The Hall–Kier alpha value is -3.87. The number of aryl methyl sites for hydroxylation is 1. The number of imide groups is 2. The van der Waals surface area contributed by atoms with Crippen LogP contribution < -0.4 is 15.0 Å². The number of ether oxygens (including phenoxy) is 1. The molecule has 0 unspecified atom stereocenters. The largest absolute Gasteiger partial charge is 0.494 e. The number of amides is 4. The van der Waals surface area contributed by atoms with E-state index in [1.807, 2.05) is 49.0 Å². The van der Waals surface area contributed by atoms with E-state index in [0.29, 0.717) is 18.0 Å². The maximum absolute atomic E-state index is 13.0.